The van der Waals surface area contributed by atoms with Crippen LogP contribution in [0.1, 0.15) is 48.7 Å². The average molecular weight is 402 g/mol. The lowest BCUT2D eigenvalue weighted by Gasteiger charge is -2.29. The third-order valence-corrected chi connectivity index (χ3v) is 5.19. The second kappa shape index (κ2) is 9.56. The Labute approximate surface area is 168 Å². The van der Waals surface area contributed by atoms with Gasteiger partial charge in [0.25, 0.3) is 5.91 Å². The number of methoxy groups -OCH3 is 1. The Balaban J connectivity index is 1.55. The molecule has 0 radical (unpaired) electrons. The molecule has 2 N–H and O–H groups in total. The van der Waals surface area contributed by atoms with Crippen LogP contribution >= 0.6 is 0 Å². The summed E-state index contributed by atoms with van der Waals surface area (Å²) < 4.78 is 15.8. The van der Waals surface area contributed by atoms with Crippen molar-refractivity contribution >= 4 is 28.9 Å². The number of carbonyl (C=O) groups is 3. The highest BCUT2D eigenvalue weighted by molar-refractivity contribution is 5.99. The molecule has 8 nitrogen and oxygen atoms in total. The topological polar surface area (TPSA) is 107 Å². The van der Waals surface area contributed by atoms with Crippen LogP contribution in [0.3, 0.4) is 0 Å². The summed E-state index contributed by atoms with van der Waals surface area (Å²) in [4.78, 5) is 36.4. The van der Waals surface area contributed by atoms with Crippen LogP contribution in [0, 0.1) is 5.92 Å². The molecule has 0 saturated heterocycles. The van der Waals surface area contributed by atoms with Crippen molar-refractivity contribution in [1.82, 2.24) is 10.6 Å². The van der Waals surface area contributed by atoms with E-state index in [0.717, 1.165) is 31.1 Å². The van der Waals surface area contributed by atoms with Gasteiger partial charge in [0.05, 0.1) is 6.61 Å². The normalized spacial score (nSPS) is 19.0. The fourth-order valence-electron chi connectivity index (χ4n) is 3.65. The Morgan fingerprint density at radius 1 is 1.17 bits per heavy atom. The lowest BCUT2D eigenvalue weighted by Crippen LogP contribution is -2.48. The fourth-order valence-corrected chi connectivity index (χ4v) is 3.65. The summed E-state index contributed by atoms with van der Waals surface area (Å²) in [5.74, 6) is -1.13. The number of fused-ring (bicyclic) bond motifs is 1. The molecule has 2 atom stereocenters. The van der Waals surface area contributed by atoms with Gasteiger partial charge in [-0.05, 0) is 24.8 Å². The van der Waals surface area contributed by atoms with Crippen molar-refractivity contribution in [3.05, 3.63) is 35.6 Å². The zero-order valence-corrected chi connectivity index (χ0v) is 16.7. The van der Waals surface area contributed by atoms with Gasteiger partial charge in [-0.1, -0.05) is 38.0 Å². The number of imide groups is 1. The van der Waals surface area contributed by atoms with Crippen LogP contribution in [0.4, 0.5) is 4.79 Å². The van der Waals surface area contributed by atoms with E-state index in [1.807, 2.05) is 12.1 Å². The van der Waals surface area contributed by atoms with E-state index in [0.29, 0.717) is 17.1 Å². The van der Waals surface area contributed by atoms with Gasteiger partial charge in [0.2, 0.25) is 5.76 Å². The quantitative estimate of drug-likeness (QED) is 0.719. The number of ether oxygens (including phenoxy) is 2. The summed E-state index contributed by atoms with van der Waals surface area (Å²) in [5.41, 5.74) is 1.08. The van der Waals surface area contributed by atoms with Crippen LogP contribution in [-0.2, 0) is 20.9 Å². The molecule has 1 aliphatic rings. The first-order valence-electron chi connectivity index (χ1n) is 9.76. The highest BCUT2D eigenvalue weighted by atomic mass is 16.5. The highest BCUT2D eigenvalue weighted by Gasteiger charge is 2.25. The van der Waals surface area contributed by atoms with E-state index in [4.69, 9.17) is 13.9 Å². The molecule has 1 aliphatic carbocycles. The number of furan rings is 1. The molecular weight excluding hydrogens is 376 g/mol. The number of hydrogen-bond acceptors (Lipinski definition) is 6. The molecule has 1 aromatic carbocycles. The Kier molecular flexibility index (Phi) is 6.87. The predicted molar refractivity (Wildman–Crippen MR) is 105 cm³/mol. The van der Waals surface area contributed by atoms with E-state index in [2.05, 4.69) is 17.6 Å². The zero-order chi connectivity index (χ0) is 20.8. The second-order valence-corrected chi connectivity index (χ2v) is 7.30. The minimum absolute atomic E-state index is 0.0127. The maximum Gasteiger partial charge on any atom is 0.375 e. The van der Waals surface area contributed by atoms with E-state index in [1.165, 1.54) is 7.11 Å². The number of esters is 1. The Hall–Kier alpha value is -2.87. The third kappa shape index (κ3) is 5.14. The summed E-state index contributed by atoms with van der Waals surface area (Å²) in [6.07, 6.45) is 4.16. The molecule has 156 valence electrons. The van der Waals surface area contributed by atoms with Gasteiger partial charge >= 0.3 is 12.0 Å². The molecule has 29 heavy (non-hydrogen) atoms. The number of amides is 3. The first kappa shape index (κ1) is 20.9. The van der Waals surface area contributed by atoms with Gasteiger partial charge in [0.1, 0.15) is 5.58 Å². The minimum Gasteiger partial charge on any atom is -0.450 e. The zero-order valence-electron chi connectivity index (χ0n) is 16.7. The number of para-hydroxylation sites is 1. The smallest absolute Gasteiger partial charge is 0.375 e. The minimum atomic E-state index is -0.787. The van der Waals surface area contributed by atoms with Gasteiger partial charge in [-0.3, -0.25) is 10.1 Å². The molecule has 1 aromatic heterocycles. The van der Waals surface area contributed by atoms with Crippen molar-refractivity contribution in [2.24, 2.45) is 5.92 Å². The molecule has 0 spiro atoms. The Morgan fingerprint density at radius 3 is 2.69 bits per heavy atom. The SMILES string of the molecule is COCc1c(C(=O)OCC(=O)NC(=O)N[C@@H]2CCCC[C@@H]2C)oc2ccccc12. The Bertz CT molecular complexity index is 890. The number of carbonyl (C=O) groups excluding carboxylic acids is 3. The van der Waals surface area contributed by atoms with Crippen molar-refractivity contribution < 1.29 is 28.3 Å². The standard InChI is InChI=1S/C21H26N2O6/c1-13-7-3-5-9-16(13)22-21(26)23-18(24)12-28-20(25)19-15(11-27-2)14-8-4-6-10-17(14)29-19/h4,6,8,10,13,16H,3,5,7,9,11-12H2,1-2H3,(H2,22,23,24,26)/t13-,16+/m0/s1. The molecule has 8 heteroatoms. The van der Waals surface area contributed by atoms with E-state index in [1.54, 1.807) is 12.1 Å². The number of nitrogens with one attached hydrogen (secondary N) is 2. The molecule has 1 heterocycles. The van der Waals surface area contributed by atoms with Gasteiger partial charge < -0.3 is 19.2 Å². The maximum absolute atomic E-state index is 12.4. The van der Waals surface area contributed by atoms with Crippen LogP contribution < -0.4 is 10.6 Å². The fraction of sp³-hybridized carbons (Fsp3) is 0.476. The summed E-state index contributed by atoms with van der Waals surface area (Å²) >= 11 is 0. The summed E-state index contributed by atoms with van der Waals surface area (Å²) in [7, 11) is 1.51. The predicted octanol–water partition coefficient (Wildman–Crippen LogP) is 3.14. The largest absolute Gasteiger partial charge is 0.450 e. The molecule has 0 aliphatic heterocycles. The molecule has 2 aromatic rings. The first-order valence-corrected chi connectivity index (χ1v) is 9.76. The van der Waals surface area contributed by atoms with Crippen LogP contribution in [0.5, 0.6) is 0 Å². The lowest BCUT2D eigenvalue weighted by atomic mass is 9.86. The van der Waals surface area contributed by atoms with Crippen molar-refractivity contribution in [2.45, 2.75) is 45.3 Å². The van der Waals surface area contributed by atoms with E-state index in [9.17, 15) is 14.4 Å². The van der Waals surface area contributed by atoms with Crippen LogP contribution in [0.2, 0.25) is 0 Å². The van der Waals surface area contributed by atoms with E-state index in [-0.39, 0.29) is 18.4 Å². The highest BCUT2D eigenvalue weighted by Crippen LogP contribution is 2.27. The van der Waals surface area contributed by atoms with E-state index >= 15 is 0 Å². The second-order valence-electron chi connectivity index (χ2n) is 7.30. The van der Waals surface area contributed by atoms with Crippen LogP contribution in [-0.4, -0.2) is 37.7 Å². The number of benzene rings is 1. The molecule has 0 bridgehead atoms. The number of rotatable bonds is 6. The van der Waals surface area contributed by atoms with Crippen LogP contribution in [0.25, 0.3) is 11.0 Å². The first-order chi connectivity index (χ1) is 14.0. The Morgan fingerprint density at radius 2 is 1.93 bits per heavy atom. The summed E-state index contributed by atoms with van der Waals surface area (Å²) in [6, 6.07) is 6.63. The van der Waals surface area contributed by atoms with Gasteiger partial charge in [0.15, 0.2) is 6.61 Å². The van der Waals surface area contributed by atoms with Gasteiger partial charge in [-0.2, -0.15) is 0 Å². The summed E-state index contributed by atoms with van der Waals surface area (Å²) in [5, 5.41) is 5.76. The molecule has 3 amide bonds. The molecule has 3 rings (SSSR count). The van der Waals surface area contributed by atoms with Crippen LogP contribution in [0.15, 0.2) is 28.7 Å². The van der Waals surface area contributed by atoms with Crippen molar-refractivity contribution in [2.75, 3.05) is 13.7 Å². The monoisotopic (exact) mass is 402 g/mol. The average Bonchev–Trinajstić information content (AvgIpc) is 3.07. The molecule has 0 unspecified atom stereocenters. The molecule has 1 fully saturated rings. The maximum atomic E-state index is 12.4. The van der Waals surface area contributed by atoms with Gasteiger partial charge in [-0.15, -0.1) is 0 Å². The van der Waals surface area contributed by atoms with Gasteiger partial charge in [-0.25, -0.2) is 9.59 Å². The van der Waals surface area contributed by atoms with Crippen molar-refractivity contribution in [3.8, 4) is 0 Å². The van der Waals surface area contributed by atoms with Crippen molar-refractivity contribution in [1.29, 1.82) is 0 Å². The lowest BCUT2D eigenvalue weighted by molar-refractivity contribution is -0.123. The third-order valence-electron chi connectivity index (χ3n) is 5.19. The van der Waals surface area contributed by atoms with Gasteiger partial charge in [0, 0.05) is 24.1 Å². The number of hydrogen-bond donors (Lipinski definition) is 2. The molecule has 1 saturated carbocycles. The summed E-state index contributed by atoms with van der Waals surface area (Å²) in [6.45, 7) is 1.66. The molecular formula is C21H26N2O6. The number of urea groups is 1. The van der Waals surface area contributed by atoms with E-state index < -0.39 is 24.5 Å². The van der Waals surface area contributed by atoms with Crippen molar-refractivity contribution in [3.63, 3.8) is 0 Å².